The van der Waals surface area contributed by atoms with Crippen LogP contribution in [0, 0.1) is 6.92 Å². The van der Waals surface area contributed by atoms with Gasteiger partial charge in [0.05, 0.1) is 12.6 Å². The summed E-state index contributed by atoms with van der Waals surface area (Å²) in [6.45, 7) is 2.40. The third-order valence-electron chi connectivity index (χ3n) is 5.96. The van der Waals surface area contributed by atoms with E-state index in [0.717, 1.165) is 46.3 Å². The number of aryl methyl sites for hydroxylation is 2. The topological polar surface area (TPSA) is 78.7 Å². The molecular formula is C25H28N4O3. The molecule has 1 atom stereocenters. The molecule has 166 valence electrons. The number of pyridine rings is 1. The summed E-state index contributed by atoms with van der Waals surface area (Å²) in [6.07, 6.45) is 6.43. The molecule has 32 heavy (non-hydrogen) atoms. The van der Waals surface area contributed by atoms with Gasteiger partial charge in [0.2, 0.25) is 11.8 Å². The minimum absolute atomic E-state index is 0.0396. The Morgan fingerprint density at radius 2 is 2.06 bits per heavy atom. The number of anilines is 1. The fourth-order valence-electron chi connectivity index (χ4n) is 4.00. The molecule has 2 aromatic heterocycles. The van der Waals surface area contributed by atoms with Crippen LogP contribution in [0.4, 0.5) is 5.82 Å². The Kier molecular flexibility index (Phi) is 6.10. The van der Waals surface area contributed by atoms with Gasteiger partial charge in [-0.1, -0.05) is 18.2 Å². The van der Waals surface area contributed by atoms with E-state index in [2.05, 4.69) is 10.3 Å². The number of para-hydroxylation sites is 1. The van der Waals surface area contributed by atoms with E-state index >= 15 is 0 Å². The van der Waals surface area contributed by atoms with E-state index in [0.29, 0.717) is 12.4 Å². The molecule has 1 aromatic carbocycles. The molecule has 0 saturated carbocycles. The van der Waals surface area contributed by atoms with Crippen molar-refractivity contribution in [2.24, 2.45) is 0 Å². The minimum atomic E-state index is -0.180. The Labute approximate surface area is 187 Å². The Morgan fingerprint density at radius 3 is 2.81 bits per heavy atom. The number of fused-ring (bicyclic) bond motifs is 2. The van der Waals surface area contributed by atoms with Crippen LogP contribution in [0.1, 0.15) is 28.9 Å². The molecule has 0 bridgehead atoms. The molecule has 1 aliphatic rings. The number of rotatable bonds is 5. The molecule has 2 amide bonds. The number of hydrogen-bond acceptors (Lipinski definition) is 5. The highest BCUT2D eigenvalue weighted by atomic mass is 16.3. The lowest BCUT2D eigenvalue weighted by molar-refractivity contribution is -0.125. The van der Waals surface area contributed by atoms with Crippen LogP contribution < -0.4 is 5.32 Å². The first-order valence-electron chi connectivity index (χ1n) is 10.7. The maximum Gasteiger partial charge on any atom is 0.246 e. The average molecular weight is 433 g/mol. The number of amides is 2. The lowest BCUT2D eigenvalue weighted by Gasteiger charge is -2.20. The monoisotopic (exact) mass is 432 g/mol. The van der Waals surface area contributed by atoms with Crippen molar-refractivity contribution in [3.8, 4) is 0 Å². The molecule has 1 N–H and O–H groups in total. The zero-order valence-electron chi connectivity index (χ0n) is 18.9. The highest BCUT2D eigenvalue weighted by Crippen LogP contribution is 2.26. The highest BCUT2D eigenvalue weighted by Gasteiger charge is 2.25. The van der Waals surface area contributed by atoms with Crippen molar-refractivity contribution in [1.82, 2.24) is 14.8 Å². The molecule has 0 saturated heterocycles. The highest BCUT2D eigenvalue weighted by molar-refractivity contribution is 5.95. The lowest BCUT2D eigenvalue weighted by atomic mass is 10.1. The molecule has 0 fully saturated rings. The summed E-state index contributed by atoms with van der Waals surface area (Å²) < 4.78 is 5.92. The van der Waals surface area contributed by atoms with E-state index in [1.165, 1.54) is 0 Å². The fraction of sp³-hybridized carbons (Fsp3) is 0.320. The van der Waals surface area contributed by atoms with Gasteiger partial charge in [0.1, 0.15) is 17.2 Å². The number of carbonyl (C=O) groups excluding carboxylic acids is 2. The summed E-state index contributed by atoms with van der Waals surface area (Å²) in [5.74, 6) is 1.22. The van der Waals surface area contributed by atoms with Crippen LogP contribution in [0.15, 0.2) is 47.0 Å². The van der Waals surface area contributed by atoms with E-state index in [1.54, 1.807) is 30.3 Å². The summed E-state index contributed by atoms with van der Waals surface area (Å²) in [5, 5.41) is 3.97. The number of furan rings is 1. The van der Waals surface area contributed by atoms with Crippen molar-refractivity contribution in [3.63, 3.8) is 0 Å². The van der Waals surface area contributed by atoms with Crippen LogP contribution in [0.25, 0.3) is 17.0 Å². The largest absolute Gasteiger partial charge is 0.459 e. The van der Waals surface area contributed by atoms with Gasteiger partial charge >= 0.3 is 0 Å². The Morgan fingerprint density at radius 1 is 1.28 bits per heavy atom. The zero-order valence-corrected chi connectivity index (χ0v) is 18.9. The van der Waals surface area contributed by atoms with Gasteiger partial charge < -0.3 is 14.6 Å². The van der Waals surface area contributed by atoms with Crippen molar-refractivity contribution in [1.29, 1.82) is 0 Å². The first-order valence-corrected chi connectivity index (χ1v) is 10.7. The maximum atomic E-state index is 12.7. The number of benzene rings is 1. The third-order valence-corrected chi connectivity index (χ3v) is 5.96. The second kappa shape index (κ2) is 8.96. The minimum Gasteiger partial charge on any atom is -0.459 e. The predicted molar refractivity (Wildman–Crippen MR) is 125 cm³/mol. The number of nitrogens with one attached hydrogen (secondary N) is 1. The fourth-order valence-corrected chi connectivity index (χ4v) is 4.00. The molecule has 1 aliphatic heterocycles. The standard InChI is InChI=1S/C25H28N4O3/c1-16-19-7-5-6-8-21(19)32-22(16)15-29(4)23(30)12-9-17-13-18-10-11-20(28(2)3)25(31)27-24(18)26-14-17/h5-9,12-14,20H,10-11,15H2,1-4H3,(H,26,27,31)/b12-9+. The van der Waals surface area contributed by atoms with E-state index in [1.807, 2.05) is 56.3 Å². The van der Waals surface area contributed by atoms with Gasteiger partial charge in [-0.15, -0.1) is 0 Å². The van der Waals surface area contributed by atoms with Crippen LogP contribution >= 0.6 is 0 Å². The van der Waals surface area contributed by atoms with Gasteiger partial charge in [-0.25, -0.2) is 4.98 Å². The van der Waals surface area contributed by atoms with Crippen molar-refractivity contribution in [3.05, 3.63) is 65.1 Å². The van der Waals surface area contributed by atoms with Gasteiger partial charge in [0.15, 0.2) is 0 Å². The van der Waals surface area contributed by atoms with E-state index in [4.69, 9.17) is 4.42 Å². The second-order valence-corrected chi connectivity index (χ2v) is 8.46. The number of hydrogen-bond donors (Lipinski definition) is 1. The molecule has 7 heteroatoms. The maximum absolute atomic E-state index is 12.7. The summed E-state index contributed by atoms with van der Waals surface area (Å²) >= 11 is 0. The van der Waals surface area contributed by atoms with Gasteiger partial charge in [-0.2, -0.15) is 0 Å². The Balaban J connectivity index is 1.44. The first kappa shape index (κ1) is 21.8. The SMILES string of the molecule is Cc1c(CN(C)C(=O)/C=C/c2cnc3c(c2)CCC(N(C)C)C(=O)N3)oc2ccccc12. The normalized spacial score (nSPS) is 16.3. The number of likely N-dealkylation sites (N-methyl/N-ethyl adjacent to an activating group) is 2. The van der Waals surface area contributed by atoms with Crippen molar-refractivity contribution >= 4 is 34.7 Å². The third kappa shape index (κ3) is 4.43. The van der Waals surface area contributed by atoms with E-state index in [-0.39, 0.29) is 17.9 Å². The number of nitrogens with zero attached hydrogens (tertiary/aromatic N) is 3. The van der Waals surface area contributed by atoms with Gasteiger partial charge in [-0.3, -0.25) is 14.5 Å². The molecule has 3 aromatic rings. The predicted octanol–water partition coefficient (Wildman–Crippen LogP) is 3.62. The smallest absolute Gasteiger partial charge is 0.246 e. The van der Waals surface area contributed by atoms with Crippen molar-refractivity contribution in [2.45, 2.75) is 32.4 Å². The molecule has 7 nitrogen and oxygen atoms in total. The van der Waals surface area contributed by atoms with Crippen molar-refractivity contribution in [2.75, 3.05) is 26.5 Å². The second-order valence-electron chi connectivity index (χ2n) is 8.46. The molecular weight excluding hydrogens is 404 g/mol. The van der Waals surface area contributed by atoms with Gasteiger partial charge in [0, 0.05) is 30.3 Å². The average Bonchev–Trinajstić information content (AvgIpc) is 2.97. The Hall–Kier alpha value is -3.45. The molecule has 3 heterocycles. The summed E-state index contributed by atoms with van der Waals surface area (Å²) in [5.41, 5.74) is 3.68. The van der Waals surface area contributed by atoms with Crippen LogP contribution in [0.3, 0.4) is 0 Å². The molecule has 1 unspecified atom stereocenters. The van der Waals surface area contributed by atoms with Gasteiger partial charge in [-0.05, 0) is 63.2 Å². The van der Waals surface area contributed by atoms with E-state index in [9.17, 15) is 9.59 Å². The lowest BCUT2D eigenvalue weighted by Crippen LogP contribution is -2.38. The first-order chi connectivity index (χ1) is 15.3. The van der Waals surface area contributed by atoms with E-state index < -0.39 is 0 Å². The number of carbonyl (C=O) groups is 2. The summed E-state index contributed by atoms with van der Waals surface area (Å²) in [4.78, 5) is 33.0. The van der Waals surface area contributed by atoms with Crippen LogP contribution in [-0.4, -0.2) is 53.8 Å². The number of aromatic nitrogens is 1. The summed E-state index contributed by atoms with van der Waals surface area (Å²) in [7, 11) is 5.55. The molecule has 0 spiro atoms. The van der Waals surface area contributed by atoms with Crippen LogP contribution in [-0.2, 0) is 22.6 Å². The quantitative estimate of drug-likeness (QED) is 0.623. The molecule has 0 aliphatic carbocycles. The zero-order chi connectivity index (χ0) is 22.8. The molecule has 0 radical (unpaired) electrons. The Bertz CT molecular complexity index is 1200. The van der Waals surface area contributed by atoms with Crippen LogP contribution in [0.2, 0.25) is 0 Å². The van der Waals surface area contributed by atoms with Crippen molar-refractivity contribution < 1.29 is 14.0 Å². The molecule has 4 rings (SSSR count). The van der Waals surface area contributed by atoms with Crippen LogP contribution in [0.5, 0.6) is 0 Å². The summed E-state index contributed by atoms with van der Waals surface area (Å²) in [6, 6.07) is 9.67. The van der Waals surface area contributed by atoms with Gasteiger partial charge in [0.25, 0.3) is 0 Å².